The highest BCUT2D eigenvalue weighted by molar-refractivity contribution is 7.90. The van der Waals surface area contributed by atoms with Crippen LogP contribution in [0.3, 0.4) is 0 Å². The molecule has 0 N–H and O–H groups in total. The van der Waals surface area contributed by atoms with Gasteiger partial charge in [-0.05, 0) is 19.9 Å². The summed E-state index contributed by atoms with van der Waals surface area (Å²) in [5, 5.41) is 0. The third-order valence-electron chi connectivity index (χ3n) is 3.01. The van der Waals surface area contributed by atoms with Crippen molar-refractivity contribution < 1.29 is 18.8 Å². The van der Waals surface area contributed by atoms with Crippen LogP contribution in [0.15, 0.2) is 19.2 Å². The molecule has 0 amide bonds. The standard InChI is InChI=1S/C14H17BO4S2/c1-8(13(16)17-5)10-6-11(21-12(10)9(2)20)15-18-7-14(3,4)19-15/h6,20H,1-2,7H2,3-5H3. The minimum absolute atomic E-state index is 0.266. The molecule has 1 aromatic rings. The summed E-state index contributed by atoms with van der Waals surface area (Å²) >= 11 is 5.71. The molecular formula is C14H17BO4S2. The molecule has 0 spiro atoms. The van der Waals surface area contributed by atoms with Crippen molar-refractivity contribution in [1.29, 1.82) is 0 Å². The molecule has 21 heavy (non-hydrogen) atoms. The van der Waals surface area contributed by atoms with Gasteiger partial charge in [0.05, 0.1) is 24.9 Å². The van der Waals surface area contributed by atoms with Gasteiger partial charge in [-0.25, -0.2) is 4.79 Å². The summed E-state index contributed by atoms with van der Waals surface area (Å²) in [6.45, 7) is 12.0. The molecule has 1 fully saturated rings. The number of esters is 1. The molecule has 0 unspecified atom stereocenters. The lowest BCUT2D eigenvalue weighted by atomic mass is 9.87. The van der Waals surface area contributed by atoms with E-state index in [4.69, 9.17) is 14.0 Å². The third-order valence-corrected chi connectivity index (χ3v) is 4.60. The van der Waals surface area contributed by atoms with Crippen molar-refractivity contribution in [3.8, 4) is 0 Å². The van der Waals surface area contributed by atoms with Gasteiger partial charge in [-0.15, -0.1) is 24.0 Å². The van der Waals surface area contributed by atoms with E-state index in [1.54, 1.807) is 0 Å². The zero-order valence-electron chi connectivity index (χ0n) is 12.3. The van der Waals surface area contributed by atoms with E-state index in [0.29, 0.717) is 17.1 Å². The number of hydrogen-bond donors (Lipinski definition) is 1. The van der Waals surface area contributed by atoms with Gasteiger partial charge in [-0.1, -0.05) is 13.2 Å². The largest absolute Gasteiger partial charge is 0.505 e. The maximum atomic E-state index is 11.7. The van der Waals surface area contributed by atoms with Gasteiger partial charge < -0.3 is 14.0 Å². The van der Waals surface area contributed by atoms with E-state index in [1.807, 2.05) is 19.9 Å². The Morgan fingerprint density at radius 1 is 1.52 bits per heavy atom. The highest BCUT2D eigenvalue weighted by atomic mass is 32.1. The molecule has 0 saturated carbocycles. The number of thiol groups is 1. The molecule has 2 rings (SSSR count). The van der Waals surface area contributed by atoms with Crippen LogP contribution in [0.25, 0.3) is 10.5 Å². The fourth-order valence-corrected chi connectivity index (χ4v) is 3.26. The summed E-state index contributed by atoms with van der Waals surface area (Å²) in [6.07, 6.45) is 0. The second-order valence-corrected chi connectivity index (χ2v) is 6.95. The number of thiophene rings is 1. The quantitative estimate of drug-likeness (QED) is 0.400. The molecule has 1 saturated heterocycles. The van der Waals surface area contributed by atoms with Gasteiger partial charge in [0.15, 0.2) is 0 Å². The molecule has 0 aliphatic carbocycles. The molecule has 1 aliphatic rings. The number of carbonyl (C=O) groups excluding carboxylic acids is 1. The highest BCUT2D eigenvalue weighted by Gasteiger charge is 2.40. The zero-order valence-corrected chi connectivity index (χ0v) is 14.0. The topological polar surface area (TPSA) is 44.8 Å². The number of hydrogen-bond acceptors (Lipinski definition) is 6. The van der Waals surface area contributed by atoms with E-state index in [1.165, 1.54) is 18.4 Å². The van der Waals surface area contributed by atoms with Crippen LogP contribution in [-0.4, -0.2) is 32.4 Å². The Morgan fingerprint density at radius 3 is 2.67 bits per heavy atom. The van der Waals surface area contributed by atoms with Crippen LogP contribution in [0, 0.1) is 0 Å². The average molecular weight is 324 g/mol. The van der Waals surface area contributed by atoms with Crippen LogP contribution in [0.2, 0.25) is 0 Å². The molecule has 4 nitrogen and oxygen atoms in total. The van der Waals surface area contributed by atoms with Crippen LogP contribution in [0.1, 0.15) is 24.3 Å². The van der Waals surface area contributed by atoms with Crippen LogP contribution in [-0.2, 0) is 18.8 Å². The second-order valence-electron chi connectivity index (χ2n) is 5.33. The summed E-state index contributed by atoms with van der Waals surface area (Å²) < 4.78 is 17.1. The first-order valence-corrected chi connectivity index (χ1v) is 7.60. The van der Waals surface area contributed by atoms with E-state index >= 15 is 0 Å². The summed E-state index contributed by atoms with van der Waals surface area (Å²) in [6, 6.07) is 1.83. The van der Waals surface area contributed by atoms with Crippen molar-refractivity contribution in [1.82, 2.24) is 0 Å². The maximum Gasteiger partial charge on any atom is 0.505 e. The molecule has 0 atom stereocenters. The molecule has 0 aromatic carbocycles. The Bertz CT molecular complexity index is 606. The molecule has 112 valence electrons. The van der Waals surface area contributed by atoms with Gasteiger partial charge in [0.2, 0.25) is 0 Å². The third kappa shape index (κ3) is 3.43. The number of rotatable bonds is 4. The minimum atomic E-state index is -0.483. The van der Waals surface area contributed by atoms with Crippen molar-refractivity contribution in [3.05, 3.63) is 29.7 Å². The van der Waals surface area contributed by atoms with Crippen LogP contribution in [0.5, 0.6) is 0 Å². The van der Waals surface area contributed by atoms with Crippen LogP contribution in [0.4, 0.5) is 0 Å². The molecular weight excluding hydrogens is 307 g/mol. The predicted molar refractivity (Wildman–Crippen MR) is 89.9 cm³/mol. The minimum Gasteiger partial charge on any atom is -0.465 e. The Kier molecular flexibility index (Phi) is 4.68. The summed E-state index contributed by atoms with van der Waals surface area (Å²) in [4.78, 5) is 13.0. The Balaban J connectivity index is 2.36. The van der Waals surface area contributed by atoms with Crippen molar-refractivity contribution in [3.63, 3.8) is 0 Å². The first kappa shape index (κ1) is 16.4. The van der Waals surface area contributed by atoms with E-state index in [2.05, 4.69) is 25.8 Å². The SMILES string of the molecule is C=C(C(=O)OC)c1cc(B2OCC(C)(C)O2)sc1C(=C)S. The van der Waals surface area contributed by atoms with E-state index < -0.39 is 13.1 Å². The molecule has 1 aromatic heterocycles. The van der Waals surface area contributed by atoms with Crippen LogP contribution < -0.4 is 4.78 Å². The fraction of sp³-hybridized carbons (Fsp3) is 0.357. The lowest BCUT2D eigenvalue weighted by molar-refractivity contribution is -0.133. The van der Waals surface area contributed by atoms with Crippen molar-refractivity contribution in [2.24, 2.45) is 0 Å². The Morgan fingerprint density at radius 2 is 2.19 bits per heavy atom. The molecule has 1 aliphatic heterocycles. The van der Waals surface area contributed by atoms with Gasteiger partial charge >= 0.3 is 13.1 Å². The summed E-state index contributed by atoms with van der Waals surface area (Å²) in [5.74, 6) is -0.483. The Labute approximate surface area is 134 Å². The number of methoxy groups -OCH3 is 1. The number of ether oxygens (including phenoxy) is 1. The van der Waals surface area contributed by atoms with Crippen LogP contribution >= 0.6 is 24.0 Å². The van der Waals surface area contributed by atoms with Gasteiger partial charge in [-0.2, -0.15) is 0 Å². The molecule has 2 heterocycles. The predicted octanol–water partition coefficient (Wildman–Crippen LogP) is 2.36. The van der Waals surface area contributed by atoms with Gasteiger partial charge in [0.25, 0.3) is 0 Å². The second kappa shape index (κ2) is 6.00. The Hall–Kier alpha value is -1.02. The van der Waals surface area contributed by atoms with E-state index in [-0.39, 0.29) is 11.2 Å². The van der Waals surface area contributed by atoms with Gasteiger partial charge in [0, 0.05) is 20.1 Å². The van der Waals surface area contributed by atoms with Crippen molar-refractivity contribution in [2.75, 3.05) is 13.7 Å². The summed E-state index contributed by atoms with van der Waals surface area (Å²) in [7, 11) is 0.873. The van der Waals surface area contributed by atoms with Gasteiger partial charge in [-0.3, -0.25) is 0 Å². The smallest absolute Gasteiger partial charge is 0.465 e. The number of carbonyl (C=O) groups is 1. The van der Waals surface area contributed by atoms with Gasteiger partial charge in [0.1, 0.15) is 0 Å². The first-order valence-electron chi connectivity index (χ1n) is 6.34. The lowest BCUT2D eigenvalue weighted by Crippen LogP contribution is -2.32. The molecule has 0 bridgehead atoms. The van der Waals surface area contributed by atoms with E-state index in [9.17, 15) is 4.79 Å². The average Bonchev–Trinajstić information content (AvgIpc) is 3.00. The van der Waals surface area contributed by atoms with Crippen molar-refractivity contribution >= 4 is 52.3 Å². The van der Waals surface area contributed by atoms with E-state index in [0.717, 1.165) is 9.65 Å². The fourth-order valence-electron chi connectivity index (χ4n) is 1.97. The monoisotopic (exact) mass is 324 g/mol. The van der Waals surface area contributed by atoms with Crippen molar-refractivity contribution in [2.45, 2.75) is 19.4 Å². The first-order chi connectivity index (χ1) is 9.75. The molecule has 0 radical (unpaired) electrons. The zero-order chi connectivity index (χ0) is 15.8. The lowest BCUT2D eigenvalue weighted by Gasteiger charge is -2.14. The highest BCUT2D eigenvalue weighted by Crippen LogP contribution is 2.32. The molecule has 7 heteroatoms. The maximum absolute atomic E-state index is 11.7. The summed E-state index contributed by atoms with van der Waals surface area (Å²) in [5.41, 5.74) is 0.591. The normalized spacial score (nSPS) is 16.9.